The van der Waals surface area contributed by atoms with E-state index in [1.54, 1.807) is 0 Å². The maximum absolute atomic E-state index is 6.23. The predicted octanol–water partition coefficient (Wildman–Crippen LogP) is 4.48. The second-order valence-corrected chi connectivity index (χ2v) is 5.01. The molecule has 0 aromatic heterocycles. The van der Waals surface area contributed by atoms with Crippen molar-refractivity contribution in [3.63, 3.8) is 0 Å². The highest BCUT2D eigenvalue weighted by molar-refractivity contribution is 5.13. The molecule has 0 N–H and O–H groups in total. The summed E-state index contributed by atoms with van der Waals surface area (Å²) in [5.41, 5.74) is 1.33. The van der Waals surface area contributed by atoms with Gasteiger partial charge < -0.3 is 4.74 Å². The first-order chi connectivity index (χ1) is 8.35. The third kappa shape index (κ3) is 3.44. The van der Waals surface area contributed by atoms with Gasteiger partial charge in [0.15, 0.2) is 0 Å². The molecule has 1 heteroatoms. The van der Waals surface area contributed by atoms with Crippen molar-refractivity contribution < 1.29 is 4.74 Å². The molecule has 1 aromatic carbocycles. The van der Waals surface area contributed by atoms with E-state index in [-0.39, 0.29) is 5.60 Å². The van der Waals surface area contributed by atoms with E-state index in [2.05, 4.69) is 30.8 Å². The Kier molecular flexibility index (Phi) is 4.38. The van der Waals surface area contributed by atoms with Crippen molar-refractivity contribution in [1.29, 1.82) is 0 Å². The summed E-state index contributed by atoms with van der Waals surface area (Å²) >= 11 is 0. The van der Waals surface area contributed by atoms with Gasteiger partial charge in [-0.25, -0.2) is 0 Å². The largest absolute Gasteiger partial charge is 0.370 e. The molecule has 1 aromatic rings. The summed E-state index contributed by atoms with van der Waals surface area (Å²) in [7, 11) is 0. The maximum Gasteiger partial charge on any atom is 0.0724 e. The van der Waals surface area contributed by atoms with Crippen molar-refractivity contribution in [1.82, 2.24) is 0 Å². The Hall–Kier alpha value is -1.08. The fourth-order valence-corrected chi connectivity index (χ4v) is 2.68. The highest BCUT2D eigenvalue weighted by Gasteiger charge is 2.31. The fourth-order valence-electron chi connectivity index (χ4n) is 2.68. The topological polar surface area (TPSA) is 9.23 Å². The lowest BCUT2D eigenvalue weighted by molar-refractivity contribution is -0.0781. The molecule has 92 valence electrons. The lowest BCUT2D eigenvalue weighted by atomic mass is 9.82. The normalized spacial score (nSPS) is 18.8. The highest BCUT2D eigenvalue weighted by Crippen LogP contribution is 2.35. The molecule has 17 heavy (non-hydrogen) atoms. The van der Waals surface area contributed by atoms with Crippen LogP contribution in [0, 0.1) is 0 Å². The van der Waals surface area contributed by atoms with E-state index >= 15 is 0 Å². The molecule has 1 nitrogen and oxygen atoms in total. The lowest BCUT2D eigenvalue weighted by Crippen LogP contribution is -2.34. The molecule has 2 rings (SSSR count). The van der Waals surface area contributed by atoms with Crippen LogP contribution >= 0.6 is 0 Å². The highest BCUT2D eigenvalue weighted by atomic mass is 16.5. The van der Waals surface area contributed by atoms with E-state index in [0.717, 1.165) is 13.0 Å². The molecule has 0 saturated heterocycles. The minimum Gasteiger partial charge on any atom is -0.370 e. The van der Waals surface area contributed by atoms with Crippen LogP contribution in [0.15, 0.2) is 43.0 Å². The SMILES string of the molecule is C=CCC1(OCc2ccccc2)CCCCC1. The Morgan fingerprint density at radius 2 is 1.82 bits per heavy atom. The first kappa shape index (κ1) is 12.4. The molecule has 0 bridgehead atoms. The standard InChI is InChI=1S/C16H22O/c1-2-11-16(12-7-4-8-13-16)17-14-15-9-5-3-6-10-15/h2-3,5-6,9-10H,1,4,7-8,11-14H2. The molecule has 0 radical (unpaired) electrons. The summed E-state index contributed by atoms with van der Waals surface area (Å²) in [5, 5.41) is 0. The molecule has 0 heterocycles. The number of ether oxygens (including phenoxy) is 1. The number of hydrogen-bond donors (Lipinski definition) is 0. The molecular weight excluding hydrogens is 208 g/mol. The van der Waals surface area contributed by atoms with Crippen LogP contribution in [0.1, 0.15) is 44.1 Å². The Balaban J connectivity index is 1.95. The lowest BCUT2D eigenvalue weighted by Gasteiger charge is -2.36. The van der Waals surface area contributed by atoms with Crippen LogP contribution in [0.2, 0.25) is 0 Å². The molecule has 1 saturated carbocycles. The van der Waals surface area contributed by atoms with Crippen LogP contribution < -0.4 is 0 Å². The molecule has 0 aliphatic heterocycles. The summed E-state index contributed by atoms with van der Waals surface area (Å²) in [6, 6.07) is 10.4. The average molecular weight is 230 g/mol. The van der Waals surface area contributed by atoms with Crippen LogP contribution in [0.4, 0.5) is 0 Å². The smallest absolute Gasteiger partial charge is 0.0724 e. The number of hydrogen-bond acceptors (Lipinski definition) is 1. The van der Waals surface area contributed by atoms with Crippen molar-refractivity contribution in [2.75, 3.05) is 0 Å². The second-order valence-electron chi connectivity index (χ2n) is 5.01. The van der Waals surface area contributed by atoms with E-state index < -0.39 is 0 Å². The zero-order valence-corrected chi connectivity index (χ0v) is 10.5. The van der Waals surface area contributed by atoms with Crippen LogP contribution in [-0.4, -0.2) is 5.60 Å². The summed E-state index contributed by atoms with van der Waals surface area (Å²) < 4.78 is 6.23. The summed E-state index contributed by atoms with van der Waals surface area (Å²) in [4.78, 5) is 0. The number of benzene rings is 1. The first-order valence-corrected chi connectivity index (χ1v) is 6.63. The monoisotopic (exact) mass is 230 g/mol. The van der Waals surface area contributed by atoms with Gasteiger partial charge in [-0.3, -0.25) is 0 Å². The van der Waals surface area contributed by atoms with E-state index in [1.165, 1.54) is 37.7 Å². The van der Waals surface area contributed by atoms with Gasteiger partial charge in [0.25, 0.3) is 0 Å². The van der Waals surface area contributed by atoms with Crippen LogP contribution in [0.25, 0.3) is 0 Å². The third-order valence-corrected chi connectivity index (χ3v) is 3.67. The minimum atomic E-state index is 0.0653. The van der Waals surface area contributed by atoms with Gasteiger partial charge in [0.05, 0.1) is 12.2 Å². The van der Waals surface area contributed by atoms with Crippen LogP contribution in [-0.2, 0) is 11.3 Å². The summed E-state index contributed by atoms with van der Waals surface area (Å²) in [6.07, 6.45) is 9.31. The zero-order chi connectivity index (χ0) is 12.0. The van der Waals surface area contributed by atoms with Gasteiger partial charge >= 0.3 is 0 Å². The van der Waals surface area contributed by atoms with E-state index in [1.807, 2.05) is 12.1 Å². The zero-order valence-electron chi connectivity index (χ0n) is 10.5. The van der Waals surface area contributed by atoms with Gasteiger partial charge in [-0.05, 0) is 24.8 Å². The molecule has 1 aliphatic carbocycles. The predicted molar refractivity (Wildman–Crippen MR) is 71.9 cm³/mol. The molecule has 0 atom stereocenters. The Labute approximate surface area is 104 Å². The fraction of sp³-hybridized carbons (Fsp3) is 0.500. The Morgan fingerprint density at radius 3 is 2.47 bits per heavy atom. The minimum absolute atomic E-state index is 0.0653. The van der Waals surface area contributed by atoms with Gasteiger partial charge in [-0.1, -0.05) is 55.7 Å². The molecule has 0 amide bonds. The van der Waals surface area contributed by atoms with Crippen molar-refractivity contribution in [3.8, 4) is 0 Å². The van der Waals surface area contributed by atoms with Crippen LogP contribution in [0.3, 0.4) is 0 Å². The number of rotatable bonds is 5. The van der Waals surface area contributed by atoms with Gasteiger partial charge in [0, 0.05) is 0 Å². The van der Waals surface area contributed by atoms with E-state index in [9.17, 15) is 0 Å². The van der Waals surface area contributed by atoms with E-state index in [0.29, 0.717) is 0 Å². The first-order valence-electron chi connectivity index (χ1n) is 6.63. The van der Waals surface area contributed by atoms with E-state index in [4.69, 9.17) is 4.74 Å². The van der Waals surface area contributed by atoms with Gasteiger partial charge in [-0.2, -0.15) is 0 Å². The third-order valence-electron chi connectivity index (χ3n) is 3.67. The molecule has 0 unspecified atom stereocenters. The second kappa shape index (κ2) is 6.02. The summed E-state index contributed by atoms with van der Waals surface area (Å²) in [5.74, 6) is 0. The van der Waals surface area contributed by atoms with Crippen molar-refractivity contribution >= 4 is 0 Å². The molecule has 1 aliphatic rings. The molecule has 1 fully saturated rings. The van der Waals surface area contributed by atoms with Crippen molar-refractivity contribution in [2.24, 2.45) is 0 Å². The van der Waals surface area contributed by atoms with Gasteiger partial charge in [-0.15, -0.1) is 6.58 Å². The van der Waals surface area contributed by atoms with Crippen LogP contribution in [0.5, 0.6) is 0 Å². The Morgan fingerprint density at radius 1 is 1.12 bits per heavy atom. The average Bonchev–Trinajstić information content (AvgIpc) is 2.39. The summed E-state index contributed by atoms with van der Waals surface area (Å²) in [6.45, 7) is 4.61. The quantitative estimate of drug-likeness (QED) is 0.677. The van der Waals surface area contributed by atoms with Gasteiger partial charge in [0.1, 0.15) is 0 Å². The van der Waals surface area contributed by atoms with Crippen molar-refractivity contribution in [3.05, 3.63) is 48.6 Å². The molecule has 0 spiro atoms. The van der Waals surface area contributed by atoms with Gasteiger partial charge in [0.2, 0.25) is 0 Å². The maximum atomic E-state index is 6.23. The Bertz CT molecular complexity index is 336. The molecular formula is C16H22O. The van der Waals surface area contributed by atoms with Crippen molar-refractivity contribution in [2.45, 2.75) is 50.7 Å².